The van der Waals surface area contributed by atoms with Gasteiger partial charge in [-0.25, -0.2) is 0 Å². The van der Waals surface area contributed by atoms with E-state index in [9.17, 15) is 0 Å². The van der Waals surface area contributed by atoms with Crippen LogP contribution in [0.25, 0.3) is 10.9 Å². The Morgan fingerprint density at radius 3 is 2.85 bits per heavy atom. The van der Waals surface area contributed by atoms with E-state index in [1.54, 1.807) is 17.8 Å². The van der Waals surface area contributed by atoms with Crippen molar-refractivity contribution in [3.8, 4) is 0 Å². The zero-order valence-corrected chi connectivity index (χ0v) is 16.3. The smallest absolute Gasteiger partial charge is 0.212 e. The van der Waals surface area contributed by atoms with Gasteiger partial charge in [-0.1, -0.05) is 59.2 Å². The molecule has 0 amide bonds. The molecule has 0 unspecified atom stereocenters. The molecule has 1 aliphatic heterocycles. The molecule has 0 aliphatic carbocycles. The van der Waals surface area contributed by atoms with Crippen molar-refractivity contribution < 1.29 is 0 Å². The summed E-state index contributed by atoms with van der Waals surface area (Å²) in [6, 6.07) is 13.8. The summed E-state index contributed by atoms with van der Waals surface area (Å²) >= 11 is 13.8. The van der Waals surface area contributed by atoms with Crippen LogP contribution in [0.2, 0.25) is 10.0 Å². The molecule has 1 N–H and O–H groups in total. The van der Waals surface area contributed by atoms with Crippen LogP contribution in [0.4, 0.5) is 0 Å². The molecule has 0 saturated carbocycles. The van der Waals surface area contributed by atoms with Gasteiger partial charge < -0.3 is 4.98 Å². The first-order valence-corrected chi connectivity index (χ1v) is 10.1. The molecule has 8 heteroatoms. The Morgan fingerprint density at radius 2 is 1.96 bits per heavy atom. The molecule has 0 spiro atoms. The van der Waals surface area contributed by atoms with Crippen molar-refractivity contribution in [2.45, 2.75) is 11.6 Å². The summed E-state index contributed by atoms with van der Waals surface area (Å²) in [5.74, 6) is 1.52. The second-order valence-corrected chi connectivity index (χ2v) is 7.97. The van der Waals surface area contributed by atoms with Crippen LogP contribution in [0, 0.1) is 0 Å². The van der Waals surface area contributed by atoms with Crippen LogP contribution in [0.1, 0.15) is 17.0 Å². The van der Waals surface area contributed by atoms with Crippen LogP contribution in [0.5, 0.6) is 0 Å². The number of hydrogen-bond acceptors (Lipinski definition) is 4. The Morgan fingerprint density at radius 1 is 1.07 bits per heavy atom. The monoisotopic (exact) mass is 413 g/mol. The first-order valence-electron chi connectivity index (χ1n) is 8.34. The van der Waals surface area contributed by atoms with Crippen molar-refractivity contribution in [1.82, 2.24) is 19.9 Å². The number of H-pyrrole nitrogens is 1. The van der Waals surface area contributed by atoms with E-state index < -0.39 is 0 Å². The molecule has 2 aromatic carbocycles. The number of rotatable bonds is 3. The number of benzene rings is 2. The number of halogens is 2. The highest BCUT2D eigenvalue weighted by Crippen LogP contribution is 2.29. The van der Waals surface area contributed by atoms with Crippen LogP contribution < -0.4 is 0 Å². The van der Waals surface area contributed by atoms with Gasteiger partial charge in [0.05, 0.1) is 15.8 Å². The van der Waals surface area contributed by atoms with Gasteiger partial charge in [0.1, 0.15) is 0 Å². The van der Waals surface area contributed by atoms with Crippen LogP contribution in [0.3, 0.4) is 0 Å². The lowest BCUT2D eigenvalue weighted by atomic mass is 10.1. The summed E-state index contributed by atoms with van der Waals surface area (Å²) in [6.45, 7) is 0. The number of thioether (sulfide) groups is 1. The maximum absolute atomic E-state index is 6.17. The minimum atomic E-state index is 0.524. The molecule has 1 aliphatic rings. The van der Waals surface area contributed by atoms with Crippen LogP contribution in [0.15, 0.2) is 58.9 Å². The molecule has 0 radical (unpaired) electrons. The van der Waals surface area contributed by atoms with E-state index in [4.69, 9.17) is 28.3 Å². The van der Waals surface area contributed by atoms with Gasteiger partial charge in [0.2, 0.25) is 5.16 Å². The first kappa shape index (κ1) is 16.9. The number of nitrogens with one attached hydrogen (secondary N) is 1. The summed E-state index contributed by atoms with van der Waals surface area (Å²) in [5.41, 5.74) is 4.16. The maximum Gasteiger partial charge on any atom is 0.212 e. The van der Waals surface area contributed by atoms with Crippen LogP contribution in [-0.4, -0.2) is 31.3 Å². The Labute approximate surface area is 169 Å². The number of fused-ring (bicyclic) bond motifs is 2. The normalized spacial score (nSPS) is 13.6. The number of para-hydroxylation sites is 1. The molecule has 27 heavy (non-hydrogen) atoms. The second kappa shape index (κ2) is 6.71. The Kier molecular flexibility index (Phi) is 4.19. The minimum Gasteiger partial charge on any atom is -0.361 e. The molecule has 5 rings (SSSR count). The molecule has 134 valence electrons. The third-order valence-corrected chi connectivity index (χ3v) is 6.18. The van der Waals surface area contributed by atoms with Gasteiger partial charge in [-0.3, -0.25) is 0 Å². The lowest BCUT2D eigenvalue weighted by Gasteiger charge is -2.14. The van der Waals surface area contributed by atoms with Crippen molar-refractivity contribution in [1.29, 1.82) is 0 Å². The van der Waals surface area contributed by atoms with Crippen molar-refractivity contribution in [2.75, 3.05) is 5.75 Å². The Balaban J connectivity index is 1.52. The summed E-state index contributed by atoms with van der Waals surface area (Å²) < 4.78 is 1.83. The number of hydrogen-bond donors (Lipinski definition) is 1. The summed E-state index contributed by atoms with van der Waals surface area (Å²) in [4.78, 5) is 3.30. The highest BCUT2D eigenvalue weighted by atomic mass is 35.5. The average molecular weight is 414 g/mol. The molecule has 0 bridgehead atoms. The van der Waals surface area contributed by atoms with Gasteiger partial charge in [-0.05, 0) is 23.8 Å². The fourth-order valence-electron chi connectivity index (χ4n) is 3.14. The third-order valence-electron chi connectivity index (χ3n) is 4.51. The first-order chi connectivity index (χ1) is 13.2. The van der Waals surface area contributed by atoms with Crippen molar-refractivity contribution >= 4 is 51.6 Å². The van der Waals surface area contributed by atoms with Crippen LogP contribution >= 0.6 is 35.0 Å². The summed E-state index contributed by atoms with van der Waals surface area (Å²) in [5, 5.41) is 16.5. The van der Waals surface area contributed by atoms with E-state index in [0.29, 0.717) is 22.2 Å². The van der Waals surface area contributed by atoms with Gasteiger partial charge in [-0.15, -0.1) is 10.2 Å². The summed E-state index contributed by atoms with van der Waals surface area (Å²) in [6.07, 6.45) is 2.67. The van der Waals surface area contributed by atoms with E-state index >= 15 is 0 Å². The zero-order valence-electron chi connectivity index (χ0n) is 14.0. The predicted octanol–water partition coefficient (Wildman–Crippen LogP) is 5.02. The molecular weight excluding hydrogens is 401 g/mol. The highest BCUT2D eigenvalue weighted by Gasteiger charge is 2.21. The van der Waals surface area contributed by atoms with Gasteiger partial charge in [-0.2, -0.15) is 9.78 Å². The third kappa shape index (κ3) is 3.04. The quantitative estimate of drug-likeness (QED) is 0.513. The number of aromatic nitrogens is 4. The van der Waals surface area contributed by atoms with Gasteiger partial charge in [0, 0.05) is 34.8 Å². The van der Waals surface area contributed by atoms with Gasteiger partial charge in [0.15, 0.2) is 5.82 Å². The molecule has 5 nitrogen and oxygen atoms in total. The van der Waals surface area contributed by atoms with Gasteiger partial charge in [0.25, 0.3) is 0 Å². The molecule has 4 aromatic rings. The second-order valence-electron chi connectivity index (χ2n) is 6.21. The SMILES string of the molecule is Clc1ccc(C2=Nn3c(Cc4c[nH]c5ccccc45)nnc3SC2)cc1Cl. The van der Waals surface area contributed by atoms with E-state index in [0.717, 1.165) is 27.8 Å². The topological polar surface area (TPSA) is 58.9 Å². The highest BCUT2D eigenvalue weighted by molar-refractivity contribution is 7.99. The predicted molar refractivity (Wildman–Crippen MR) is 110 cm³/mol. The van der Waals surface area contributed by atoms with E-state index in [-0.39, 0.29) is 0 Å². The molecular formula is C19H13Cl2N5S. The Bertz CT molecular complexity index is 1190. The van der Waals surface area contributed by atoms with E-state index in [1.165, 1.54) is 10.9 Å². The molecule has 0 atom stereocenters. The lowest BCUT2D eigenvalue weighted by Crippen LogP contribution is -2.14. The van der Waals surface area contributed by atoms with Crippen LogP contribution in [-0.2, 0) is 6.42 Å². The zero-order chi connectivity index (χ0) is 18.4. The summed E-state index contributed by atoms with van der Waals surface area (Å²) in [7, 11) is 0. The maximum atomic E-state index is 6.17. The lowest BCUT2D eigenvalue weighted by molar-refractivity contribution is 0.721. The van der Waals surface area contributed by atoms with Crippen molar-refractivity contribution in [3.05, 3.63) is 75.7 Å². The largest absolute Gasteiger partial charge is 0.361 e. The molecule has 2 aromatic heterocycles. The number of aromatic amines is 1. The average Bonchev–Trinajstić information content (AvgIpc) is 3.29. The fraction of sp³-hybridized carbons (Fsp3) is 0.105. The minimum absolute atomic E-state index is 0.524. The Hall–Kier alpha value is -2.28. The van der Waals surface area contributed by atoms with Gasteiger partial charge >= 0.3 is 0 Å². The van der Waals surface area contributed by atoms with E-state index in [1.807, 2.05) is 35.1 Å². The standard InChI is InChI=1S/C19H13Cl2N5S/c20-14-6-5-11(7-15(14)21)17-10-27-19-24-23-18(26(19)25-17)8-12-9-22-16-4-2-1-3-13(12)16/h1-7,9,22H,8,10H2. The van der Waals surface area contributed by atoms with E-state index in [2.05, 4.69) is 27.3 Å². The van der Waals surface area contributed by atoms with Crippen molar-refractivity contribution in [3.63, 3.8) is 0 Å². The van der Waals surface area contributed by atoms with Crippen molar-refractivity contribution in [2.24, 2.45) is 5.10 Å². The molecule has 0 saturated heterocycles. The number of nitrogens with zero attached hydrogens (tertiary/aromatic N) is 4. The molecule has 0 fully saturated rings. The fourth-order valence-corrected chi connectivity index (χ4v) is 4.30. The molecule has 3 heterocycles.